The first-order chi connectivity index (χ1) is 6.49. The molecule has 0 saturated carbocycles. The lowest BCUT2D eigenvalue weighted by Gasteiger charge is -2.07. The maximum atomic E-state index is 12.2. The number of halogens is 3. The molecular formula is C8H12F3NO2. The van der Waals surface area contributed by atoms with E-state index in [0.29, 0.717) is 0 Å². The van der Waals surface area contributed by atoms with E-state index in [4.69, 9.17) is 5.11 Å². The molecule has 0 rings (SSSR count). The molecule has 0 fully saturated rings. The fourth-order valence-corrected chi connectivity index (χ4v) is 0.693. The standard InChI is InChI=1S/C8H12F3NO2/c1-2-6(13)8(14)12-4-3-5(9)7(10)11/h6,13H,2-4H2,1H3,(H,12,14). The Morgan fingerprint density at radius 1 is 1.43 bits per heavy atom. The van der Waals surface area contributed by atoms with E-state index in [1.54, 1.807) is 6.92 Å². The number of carbonyl (C=O) groups excluding carboxylic acids is 1. The van der Waals surface area contributed by atoms with Crippen molar-refractivity contribution in [1.82, 2.24) is 5.32 Å². The van der Waals surface area contributed by atoms with Crippen molar-refractivity contribution in [3.63, 3.8) is 0 Å². The predicted molar refractivity (Wildman–Crippen MR) is 44.3 cm³/mol. The van der Waals surface area contributed by atoms with Gasteiger partial charge in [-0.25, -0.2) is 4.39 Å². The van der Waals surface area contributed by atoms with E-state index in [1.807, 2.05) is 0 Å². The van der Waals surface area contributed by atoms with Crippen LogP contribution in [-0.2, 0) is 4.79 Å². The lowest BCUT2D eigenvalue weighted by atomic mass is 10.2. The number of nitrogens with one attached hydrogen (secondary N) is 1. The average molecular weight is 211 g/mol. The van der Waals surface area contributed by atoms with Gasteiger partial charge in [0.15, 0.2) is 5.83 Å². The topological polar surface area (TPSA) is 49.3 Å². The van der Waals surface area contributed by atoms with Crippen molar-refractivity contribution in [2.45, 2.75) is 25.9 Å². The van der Waals surface area contributed by atoms with E-state index in [2.05, 4.69) is 5.32 Å². The molecule has 0 bridgehead atoms. The molecule has 0 aromatic heterocycles. The molecule has 0 aliphatic heterocycles. The second-order valence-corrected chi connectivity index (χ2v) is 2.63. The van der Waals surface area contributed by atoms with Gasteiger partial charge < -0.3 is 10.4 Å². The summed E-state index contributed by atoms with van der Waals surface area (Å²) in [6.45, 7) is 1.34. The van der Waals surface area contributed by atoms with E-state index < -0.39 is 30.3 Å². The van der Waals surface area contributed by atoms with Crippen molar-refractivity contribution >= 4 is 5.91 Å². The Morgan fingerprint density at radius 2 is 2.00 bits per heavy atom. The highest BCUT2D eigenvalue weighted by Gasteiger charge is 2.12. The SMILES string of the molecule is CCC(O)C(=O)NCCC(F)=C(F)F. The molecular weight excluding hydrogens is 199 g/mol. The van der Waals surface area contributed by atoms with Crippen LogP contribution in [0.2, 0.25) is 0 Å². The Morgan fingerprint density at radius 3 is 2.43 bits per heavy atom. The largest absolute Gasteiger partial charge is 0.383 e. The molecule has 2 N–H and O–H groups in total. The van der Waals surface area contributed by atoms with Crippen LogP contribution in [0.3, 0.4) is 0 Å². The quantitative estimate of drug-likeness (QED) is 0.721. The van der Waals surface area contributed by atoms with Gasteiger partial charge in [-0.15, -0.1) is 0 Å². The van der Waals surface area contributed by atoms with E-state index >= 15 is 0 Å². The van der Waals surface area contributed by atoms with E-state index in [9.17, 15) is 18.0 Å². The van der Waals surface area contributed by atoms with Crippen molar-refractivity contribution < 1.29 is 23.1 Å². The molecule has 1 amide bonds. The van der Waals surface area contributed by atoms with Crippen LogP contribution in [0.15, 0.2) is 11.9 Å². The third-order valence-electron chi connectivity index (χ3n) is 1.54. The minimum Gasteiger partial charge on any atom is -0.383 e. The third kappa shape index (κ3) is 4.86. The van der Waals surface area contributed by atoms with Gasteiger partial charge in [0.05, 0.1) is 0 Å². The first-order valence-electron chi connectivity index (χ1n) is 4.14. The van der Waals surface area contributed by atoms with E-state index in [1.165, 1.54) is 0 Å². The Hall–Kier alpha value is -1.04. The predicted octanol–water partition coefficient (Wildman–Crippen LogP) is 1.34. The Bertz CT molecular complexity index is 227. The van der Waals surface area contributed by atoms with Crippen LogP contribution in [0.4, 0.5) is 13.2 Å². The van der Waals surface area contributed by atoms with Crippen molar-refractivity contribution in [3.05, 3.63) is 11.9 Å². The summed E-state index contributed by atoms with van der Waals surface area (Å²) in [6.07, 6.45) is -3.89. The summed E-state index contributed by atoms with van der Waals surface area (Å²) < 4.78 is 35.2. The number of rotatable bonds is 5. The summed E-state index contributed by atoms with van der Waals surface area (Å²) in [5.41, 5.74) is 0. The van der Waals surface area contributed by atoms with Crippen molar-refractivity contribution in [1.29, 1.82) is 0 Å². The summed E-state index contributed by atoms with van der Waals surface area (Å²) in [7, 11) is 0. The Labute approximate surface area is 79.6 Å². The summed E-state index contributed by atoms with van der Waals surface area (Å²) in [5, 5.41) is 11.1. The highest BCUT2D eigenvalue weighted by Crippen LogP contribution is 2.11. The van der Waals surface area contributed by atoms with Crippen LogP contribution in [0.1, 0.15) is 19.8 Å². The summed E-state index contributed by atoms with van der Waals surface area (Å²) in [6, 6.07) is 0. The maximum Gasteiger partial charge on any atom is 0.301 e. The molecule has 0 radical (unpaired) electrons. The minimum atomic E-state index is -2.38. The summed E-state index contributed by atoms with van der Waals surface area (Å²) in [4.78, 5) is 10.8. The molecule has 0 aromatic rings. The molecule has 0 aliphatic carbocycles. The van der Waals surface area contributed by atoms with Gasteiger partial charge in [-0.1, -0.05) is 6.92 Å². The van der Waals surface area contributed by atoms with Gasteiger partial charge in [0.2, 0.25) is 5.91 Å². The summed E-state index contributed by atoms with van der Waals surface area (Å²) >= 11 is 0. The highest BCUT2D eigenvalue weighted by atomic mass is 19.3. The monoisotopic (exact) mass is 211 g/mol. The Kier molecular flexibility index (Phi) is 5.94. The summed E-state index contributed by atoms with van der Waals surface area (Å²) in [5.74, 6) is -2.23. The smallest absolute Gasteiger partial charge is 0.301 e. The van der Waals surface area contributed by atoms with Gasteiger partial charge >= 0.3 is 6.08 Å². The molecule has 14 heavy (non-hydrogen) atoms. The highest BCUT2D eigenvalue weighted by molar-refractivity contribution is 5.80. The number of amides is 1. The molecule has 3 nitrogen and oxygen atoms in total. The molecule has 1 atom stereocenters. The maximum absolute atomic E-state index is 12.2. The van der Waals surface area contributed by atoms with Crippen molar-refractivity contribution in [2.75, 3.05) is 6.54 Å². The Balaban J connectivity index is 3.76. The molecule has 6 heteroatoms. The van der Waals surface area contributed by atoms with E-state index in [-0.39, 0.29) is 13.0 Å². The normalized spacial score (nSPS) is 12.1. The van der Waals surface area contributed by atoms with E-state index in [0.717, 1.165) is 0 Å². The van der Waals surface area contributed by atoms with Crippen molar-refractivity contribution in [3.8, 4) is 0 Å². The zero-order chi connectivity index (χ0) is 11.1. The molecule has 0 saturated heterocycles. The number of hydrogen-bond donors (Lipinski definition) is 2. The molecule has 0 aliphatic rings. The van der Waals surface area contributed by atoms with Crippen LogP contribution in [0.5, 0.6) is 0 Å². The van der Waals surface area contributed by atoms with Crippen LogP contribution in [0, 0.1) is 0 Å². The second kappa shape index (κ2) is 6.42. The molecule has 0 spiro atoms. The van der Waals surface area contributed by atoms with Crippen molar-refractivity contribution in [2.24, 2.45) is 0 Å². The second-order valence-electron chi connectivity index (χ2n) is 2.63. The van der Waals surface area contributed by atoms with Gasteiger partial charge in [0.25, 0.3) is 0 Å². The fourth-order valence-electron chi connectivity index (χ4n) is 0.693. The van der Waals surface area contributed by atoms with Crippen LogP contribution >= 0.6 is 0 Å². The van der Waals surface area contributed by atoms with Crippen LogP contribution < -0.4 is 5.32 Å². The number of carbonyl (C=O) groups is 1. The first-order valence-corrected chi connectivity index (χ1v) is 4.14. The van der Waals surface area contributed by atoms with Crippen LogP contribution in [0.25, 0.3) is 0 Å². The lowest BCUT2D eigenvalue weighted by molar-refractivity contribution is -0.129. The molecule has 0 heterocycles. The van der Waals surface area contributed by atoms with Crippen LogP contribution in [-0.4, -0.2) is 23.7 Å². The number of hydrogen-bond acceptors (Lipinski definition) is 2. The molecule has 82 valence electrons. The average Bonchev–Trinajstić information content (AvgIpc) is 2.15. The zero-order valence-corrected chi connectivity index (χ0v) is 7.69. The number of aliphatic hydroxyl groups is 1. The number of aliphatic hydroxyl groups excluding tert-OH is 1. The van der Waals surface area contributed by atoms with Gasteiger partial charge in [0, 0.05) is 13.0 Å². The van der Waals surface area contributed by atoms with Gasteiger partial charge in [0.1, 0.15) is 6.10 Å². The lowest BCUT2D eigenvalue weighted by Crippen LogP contribution is -2.34. The minimum absolute atomic E-state index is 0.224. The fraction of sp³-hybridized carbons (Fsp3) is 0.625. The zero-order valence-electron chi connectivity index (χ0n) is 7.69. The van der Waals surface area contributed by atoms with Gasteiger partial charge in [-0.05, 0) is 6.42 Å². The van der Waals surface area contributed by atoms with Gasteiger partial charge in [-0.3, -0.25) is 4.79 Å². The van der Waals surface area contributed by atoms with Gasteiger partial charge in [-0.2, -0.15) is 8.78 Å². The molecule has 0 aromatic carbocycles. The third-order valence-corrected chi connectivity index (χ3v) is 1.54. The molecule has 1 unspecified atom stereocenters. The first kappa shape index (κ1) is 13.0.